The Morgan fingerprint density at radius 2 is 1.94 bits per heavy atom. The number of hydrogen-bond acceptors (Lipinski definition) is 4. The van der Waals surface area contributed by atoms with Crippen molar-refractivity contribution in [1.29, 1.82) is 0 Å². The van der Waals surface area contributed by atoms with Crippen LogP contribution in [0.2, 0.25) is 0 Å². The Morgan fingerprint density at radius 1 is 1.29 bits per heavy atom. The smallest absolute Gasteiger partial charge is 0.181 e. The van der Waals surface area contributed by atoms with Crippen molar-refractivity contribution in [3.63, 3.8) is 0 Å². The van der Waals surface area contributed by atoms with E-state index in [1.807, 2.05) is 30.3 Å². The van der Waals surface area contributed by atoms with Crippen molar-refractivity contribution < 1.29 is 5.11 Å². The maximum atomic E-state index is 9.47. The van der Waals surface area contributed by atoms with E-state index in [0.29, 0.717) is 11.6 Å². The molecule has 0 bridgehead atoms. The van der Waals surface area contributed by atoms with Gasteiger partial charge in [-0.25, -0.2) is 4.98 Å². The standard InChI is InChI=1S/C12H16N4O/c1-8(17)10(13)12-14-11(15-16(12)2)9-6-4-3-5-7-9/h3-8,10,17H,13H2,1-2H3. The minimum absolute atomic E-state index is 0.523. The van der Waals surface area contributed by atoms with Crippen molar-refractivity contribution in [2.45, 2.75) is 19.1 Å². The molecular formula is C12H16N4O. The lowest BCUT2D eigenvalue weighted by molar-refractivity contribution is 0.158. The van der Waals surface area contributed by atoms with Crippen LogP contribution in [0.3, 0.4) is 0 Å². The molecule has 5 nitrogen and oxygen atoms in total. The van der Waals surface area contributed by atoms with Crippen molar-refractivity contribution in [2.24, 2.45) is 12.8 Å². The Balaban J connectivity index is 2.37. The van der Waals surface area contributed by atoms with Gasteiger partial charge in [0, 0.05) is 12.6 Å². The molecule has 0 amide bonds. The molecule has 0 aliphatic heterocycles. The largest absolute Gasteiger partial charge is 0.391 e. The van der Waals surface area contributed by atoms with Crippen LogP contribution >= 0.6 is 0 Å². The summed E-state index contributed by atoms with van der Waals surface area (Å²) in [6.07, 6.45) is -0.651. The van der Waals surface area contributed by atoms with E-state index in [2.05, 4.69) is 10.1 Å². The number of nitrogens with zero attached hydrogens (tertiary/aromatic N) is 3. The average Bonchev–Trinajstić information content (AvgIpc) is 2.71. The van der Waals surface area contributed by atoms with E-state index in [4.69, 9.17) is 5.73 Å². The Kier molecular flexibility index (Phi) is 3.21. The zero-order chi connectivity index (χ0) is 12.4. The van der Waals surface area contributed by atoms with Gasteiger partial charge < -0.3 is 10.8 Å². The molecule has 1 aromatic carbocycles. The second kappa shape index (κ2) is 4.65. The van der Waals surface area contributed by atoms with Gasteiger partial charge in [0.05, 0.1) is 12.1 Å². The van der Waals surface area contributed by atoms with Gasteiger partial charge in [0.2, 0.25) is 0 Å². The number of hydrogen-bond donors (Lipinski definition) is 2. The average molecular weight is 232 g/mol. The fourth-order valence-corrected chi connectivity index (χ4v) is 1.61. The summed E-state index contributed by atoms with van der Waals surface area (Å²) in [4.78, 5) is 4.37. The molecule has 2 aromatic rings. The van der Waals surface area contributed by atoms with Gasteiger partial charge in [0.1, 0.15) is 5.82 Å². The summed E-state index contributed by atoms with van der Waals surface area (Å²) in [6.45, 7) is 1.64. The monoisotopic (exact) mass is 232 g/mol. The molecule has 0 fully saturated rings. The predicted octanol–water partition coefficient (Wildman–Crippen LogP) is 0.863. The number of aromatic nitrogens is 3. The van der Waals surface area contributed by atoms with Crippen LogP contribution < -0.4 is 5.73 Å². The van der Waals surface area contributed by atoms with Gasteiger partial charge in [-0.15, -0.1) is 0 Å². The number of aliphatic hydroxyl groups is 1. The lowest BCUT2D eigenvalue weighted by atomic mass is 10.2. The molecular weight excluding hydrogens is 216 g/mol. The van der Waals surface area contributed by atoms with Gasteiger partial charge in [-0.2, -0.15) is 5.10 Å². The van der Waals surface area contributed by atoms with Gasteiger partial charge in [0.25, 0.3) is 0 Å². The van der Waals surface area contributed by atoms with Crippen LogP contribution in [-0.2, 0) is 7.05 Å². The van der Waals surface area contributed by atoms with Crippen molar-refractivity contribution in [1.82, 2.24) is 14.8 Å². The van der Waals surface area contributed by atoms with Gasteiger partial charge >= 0.3 is 0 Å². The highest BCUT2D eigenvalue weighted by molar-refractivity contribution is 5.54. The molecule has 0 aliphatic rings. The second-order valence-electron chi connectivity index (χ2n) is 4.05. The summed E-state index contributed by atoms with van der Waals surface area (Å²) in [5, 5.41) is 13.8. The van der Waals surface area contributed by atoms with E-state index in [-0.39, 0.29) is 0 Å². The van der Waals surface area contributed by atoms with Crippen molar-refractivity contribution in [3.05, 3.63) is 36.2 Å². The summed E-state index contributed by atoms with van der Waals surface area (Å²) < 4.78 is 1.61. The van der Waals surface area contributed by atoms with Gasteiger partial charge in [0.15, 0.2) is 5.82 Å². The van der Waals surface area contributed by atoms with E-state index in [1.54, 1.807) is 18.7 Å². The van der Waals surface area contributed by atoms with Crippen molar-refractivity contribution >= 4 is 0 Å². The highest BCUT2D eigenvalue weighted by atomic mass is 16.3. The maximum absolute atomic E-state index is 9.47. The normalized spacial score (nSPS) is 14.6. The van der Waals surface area contributed by atoms with Crippen LogP contribution in [0, 0.1) is 0 Å². The first-order valence-corrected chi connectivity index (χ1v) is 5.49. The zero-order valence-corrected chi connectivity index (χ0v) is 9.91. The molecule has 90 valence electrons. The molecule has 5 heteroatoms. The number of nitrogens with two attached hydrogens (primary N) is 1. The lowest BCUT2D eigenvalue weighted by Gasteiger charge is -2.12. The Hall–Kier alpha value is -1.72. The van der Waals surface area contributed by atoms with E-state index >= 15 is 0 Å². The quantitative estimate of drug-likeness (QED) is 0.823. The fraction of sp³-hybridized carbons (Fsp3) is 0.333. The molecule has 2 unspecified atom stereocenters. The molecule has 17 heavy (non-hydrogen) atoms. The fourth-order valence-electron chi connectivity index (χ4n) is 1.61. The van der Waals surface area contributed by atoms with Crippen LogP contribution in [0.15, 0.2) is 30.3 Å². The van der Waals surface area contributed by atoms with Gasteiger partial charge in [-0.05, 0) is 6.92 Å². The van der Waals surface area contributed by atoms with Crippen LogP contribution in [0.1, 0.15) is 18.8 Å². The maximum Gasteiger partial charge on any atom is 0.181 e. The third kappa shape index (κ3) is 2.35. The molecule has 2 atom stereocenters. The minimum Gasteiger partial charge on any atom is -0.391 e. The molecule has 0 saturated heterocycles. The highest BCUT2D eigenvalue weighted by Gasteiger charge is 2.19. The van der Waals surface area contributed by atoms with E-state index in [1.165, 1.54) is 0 Å². The van der Waals surface area contributed by atoms with Crippen LogP contribution in [0.4, 0.5) is 0 Å². The third-order valence-corrected chi connectivity index (χ3v) is 2.65. The molecule has 1 heterocycles. The first kappa shape index (κ1) is 11.8. The summed E-state index contributed by atoms with van der Waals surface area (Å²) in [7, 11) is 1.77. The third-order valence-electron chi connectivity index (χ3n) is 2.65. The minimum atomic E-state index is -0.651. The Bertz CT molecular complexity index is 492. The number of rotatable bonds is 3. The van der Waals surface area contributed by atoms with Crippen molar-refractivity contribution in [3.8, 4) is 11.4 Å². The lowest BCUT2D eigenvalue weighted by Crippen LogP contribution is -2.26. The highest BCUT2D eigenvalue weighted by Crippen LogP contribution is 2.18. The second-order valence-corrected chi connectivity index (χ2v) is 4.05. The first-order chi connectivity index (χ1) is 8.09. The topological polar surface area (TPSA) is 77.0 Å². The van der Waals surface area contributed by atoms with Crippen LogP contribution in [0.5, 0.6) is 0 Å². The van der Waals surface area contributed by atoms with Crippen LogP contribution in [-0.4, -0.2) is 26.0 Å². The van der Waals surface area contributed by atoms with Crippen LogP contribution in [0.25, 0.3) is 11.4 Å². The summed E-state index contributed by atoms with van der Waals surface area (Å²) in [6, 6.07) is 9.15. The summed E-state index contributed by atoms with van der Waals surface area (Å²) in [5.41, 5.74) is 6.79. The molecule has 0 radical (unpaired) electrons. The Labute approximate surface area is 99.9 Å². The number of aryl methyl sites for hydroxylation is 1. The van der Waals surface area contributed by atoms with Gasteiger partial charge in [-0.3, -0.25) is 4.68 Å². The van der Waals surface area contributed by atoms with Crippen molar-refractivity contribution in [2.75, 3.05) is 0 Å². The molecule has 1 aromatic heterocycles. The predicted molar refractivity (Wildman–Crippen MR) is 65.0 cm³/mol. The molecule has 0 saturated carbocycles. The SMILES string of the molecule is CC(O)C(N)c1nc(-c2ccccc2)nn1C. The molecule has 3 N–H and O–H groups in total. The number of benzene rings is 1. The van der Waals surface area contributed by atoms with E-state index in [0.717, 1.165) is 5.56 Å². The van der Waals surface area contributed by atoms with Gasteiger partial charge in [-0.1, -0.05) is 30.3 Å². The number of aliphatic hydroxyl groups excluding tert-OH is 1. The molecule has 2 rings (SSSR count). The summed E-state index contributed by atoms with van der Waals surface area (Å²) in [5.74, 6) is 1.21. The molecule has 0 spiro atoms. The van der Waals surface area contributed by atoms with E-state index < -0.39 is 12.1 Å². The zero-order valence-electron chi connectivity index (χ0n) is 9.91. The molecule has 0 aliphatic carbocycles. The first-order valence-electron chi connectivity index (χ1n) is 5.49. The Morgan fingerprint density at radius 3 is 2.53 bits per heavy atom. The van der Waals surface area contributed by atoms with E-state index in [9.17, 15) is 5.11 Å². The summed E-state index contributed by atoms with van der Waals surface area (Å²) >= 11 is 0.